The maximum Gasteiger partial charge on any atom is 0.306 e. The largest absolute Gasteiger partial charge is 0.456 e. The number of para-hydroxylation sites is 1. The van der Waals surface area contributed by atoms with Gasteiger partial charge in [-0.1, -0.05) is 37.5 Å². The number of benzene rings is 1. The van der Waals surface area contributed by atoms with Crippen molar-refractivity contribution in [3.05, 3.63) is 29.8 Å². The molecule has 1 aliphatic carbocycles. The first-order valence-electron chi connectivity index (χ1n) is 8.85. The van der Waals surface area contributed by atoms with Crippen LogP contribution in [-0.4, -0.2) is 30.4 Å². The van der Waals surface area contributed by atoms with Crippen LogP contribution in [-0.2, 0) is 19.1 Å². The summed E-state index contributed by atoms with van der Waals surface area (Å²) in [5.41, 5.74) is 1.62. The minimum absolute atomic E-state index is 0.0177. The summed E-state index contributed by atoms with van der Waals surface area (Å²) in [7, 11) is 0. The number of rotatable bonds is 7. The summed E-state index contributed by atoms with van der Waals surface area (Å²) in [4.78, 5) is 35.3. The first kappa shape index (κ1) is 19.0. The summed E-state index contributed by atoms with van der Waals surface area (Å²) in [6.07, 6.45) is 5.60. The molecule has 2 rings (SSSR count). The normalized spacial score (nSPS) is 14.6. The molecule has 0 spiro atoms. The molecule has 1 aromatic carbocycles. The molecule has 0 aromatic heterocycles. The highest BCUT2D eigenvalue weighted by atomic mass is 16.5. The van der Waals surface area contributed by atoms with Crippen molar-refractivity contribution in [1.29, 1.82) is 0 Å². The minimum Gasteiger partial charge on any atom is -0.456 e. The van der Waals surface area contributed by atoms with E-state index in [0.717, 1.165) is 31.2 Å². The lowest BCUT2D eigenvalue weighted by Crippen LogP contribution is -2.36. The van der Waals surface area contributed by atoms with Gasteiger partial charge in [0.05, 0.1) is 6.42 Å². The molecular formula is C19H26N2O4. The van der Waals surface area contributed by atoms with E-state index >= 15 is 0 Å². The van der Waals surface area contributed by atoms with Crippen molar-refractivity contribution in [1.82, 2.24) is 5.32 Å². The van der Waals surface area contributed by atoms with Gasteiger partial charge in [-0.15, -0.1) is 0 Å². The van der Waals surface area contributed by atoms with E-state index in [0.29, 0.717) is 5.69 Å². The third-order valence-electron chi connectivity index (χ3n) is 4.31. The van der Waals surface area contributed by atoms with Crippen LogP contribution in [0, 0.1) is 6.92 Å². The van der Waals surface area contributed by atoms with E-state index in [1.165, 1.54) is 6.42 Å². The molecule has 2 N–H and O–H groups in total. The molecule has 6 heteroatoms. The van der Waals surface area contributed by atoms with Crippen molar-refractivity contribution in [2.45, 2.75) is 57.9 Å². The Morgan fingerprint density at radius 2 is 1.76 bits per heavy atom. The van der Waals surface area contributed by atoms with E-state index in [4.69, 9.17) is 4.74 Å². The number of hydrogen-bond donors (Lipinski definition) is 2. The second-order valence-electron chi connectivity index (χ2n) is 6.43. The zero-order valence-electron chi connectivity index (χ0n) is 14.7. The van der Waals surface area contributed by atoms with Crippen molar-refractivity contribution in [3.63, 3.8) is 0 Å². The lowest BCUT2D eigenvalue weighted by atomic mass is 9.95. The first-order valence-corrected chi connectivity index (χ1v) is 8.85. The Morgan fingerprint density at radius 1 is 1.04 bits per heavy atom. The van der Waals surface area contributed by atoms with Gasteiger partial charge in [-0.05, 0) is 31.4 Å². The molecule has 1 aromatic rings. The second kappa shape index (κ2) is 9.81. The Hall–Kier alpha value is -2.37. The van der Waals surface area contributed by atoms with Gasteiger partial charge in [-0.2, -0.15) is 0 Å². The number of ether oxygens (including phenoxy) is 1. The minimum atomic E-state index is -0.543. The third kappa shape index (κ3) is 6.95. The number of nitrogens with one attached hydrogen (secondary N) is 2. The molecule has 1 fully saturated rings. The van der Waals surface area contributed by atoms with Gasteiger partial charge >= 0.3 is 5.97 Å². The highest BCUT2D eigenvalue weighted by Gasteiger charge is 2.17. The quantitative estimate of drug-likeness (QED) is 0.744. The van der Waals surface area contributed by atoms with Crippen molar-refractivity contribution in [3.8, 4) is 0 Å². The lowest BCUT2D eigenvalue weighted by molar-refractivity contribution is -0.148. The lowest BCUT2D eigenvalue weighted by Gasteiger charge is -2.22. The van der Waals surface area contributed by atoms with Crippen LogP contribution in [0.3, 0.4) is 0 Å². The van der Waals surface area contributed by atoms with Crippen LogP contribution < -0.4 is 10.6 Å². The van der Waals surface area contributed by atoms with E-state index in [-0.39, 0.29) is 31.4 Å². The Morgan fingerprint density at radius 3 is 2.48 bits per heavy atom. The van der Waals surface area contributed by atoms with Crippen LogP contribution in [0.5, 0.6) is 0 Å². The van der Waals surface area contributed by atoms with E-state index in [1.807, 2.05) is 25.1 Å². The highest BCUT2D eigenvalue weighted by molar-refractivity contribution is 5.93. The summed E-state index contributed by atoms with van der Waals surface area (Å²) >= 11 is 0. The Balaban J connectivity index is 1.62. The van der Waals surface area contributed by atoms with E-state index < -0.39 is 11.9 Å². The number of amides is 2. The Labute approximate surface area is 148 Å². The zero-order valence-corrected chi connectivity index (χ0v) is 14.7. The summed E-state index contributed by atoms with van der Waals surface area (Å²) < 4.78 is 4.93. The molecule has 2 amide bonds. The standard InChI is InChI=1S/C19H26N2O4/c1-14-7-5-6-10-16(14)21-18(23)13-25-19(24)12-11-17(22)20-15-8-3-2-4-9-15/h5-7,10,15H,2-4,8-9,11-13H2,1H3,(H,20,22)(H,21,23). The van der Waals surface area contributed by atoms with Crippen LogP contribution >= 0.6 is 0 Å². The molecule has 1 aliphatic rings. The molecule has 0 unspecified atom stereocenters. The van der Waals surface area contributed by atoms with Gasteiger partial charge in [0, 0.05) is 18.2 Å². The first-order chi connectivity index (χ1) is 12.0. The highest BCUT2D eigenvalue weighted by Crippen LogP contribution is 2.17. The molecular weight excluding hydrogens is 320 g/mol. The molecule has 0 bridgehead atoms. The molecule has 0 saturated heterocycles. The van der Waals surface area contributed by atoms with E-state index in [1.54, 1.807) is 6.07 Å². The molecule has 0 radical (unpaired) electrons. The third-order valence-corrected chi connectivity index (χ3v) is 4.31. The van der Waals surface area contributed by atoms with Crippen molar-refractivity contribution < 1.29 is 19.1 Å². The maximum atomic E-state index is 11.8. The second-order valence-corrected chi connectivity index (χ2v) is 6.43. The van der Waals surface area contributed by atoms with Crippen molar-refractivity contribution in [2.24, 2.45) is 0 Å². The van der Waals surface area contributed by atoms with Crippen LogP contribution in [0.15, 0.2) is 24.3 Å². The van der Waals surface area contributed by atoms with Gasteiger partial charge in [-0.3, -0.25) is 14.4 Å². The van der Waals surface area contributed by atoms with Gasteiger partial charge in [0.15, 0.2) is 6.61 Å². The predicted molar refractivity (Wildman–Crippen MR) is 95.0 cm³/mol. The monoisotopic (exact) mass is 346 g/mol. The number of carbonyl (C=O) groups is 3. The molecule has 0 atom stereocenters. The van der Waals surface area contributed by atoms with Crippen LogP contribution in [0.2, 0.25) is 0 Å². The van der Waals surface area contributed by atoms with Crippen LogP contribution in [0.1, 0.15) is 50.5 Å². The SMILES string of the molecule is Cc1ccccc1NC(=O)COC(=O)CCC(=O)NC1CCCCC1. The summed E-state index contributed by atoms with van der Waals surface area (Å²) in [6.45, 7) is 1.53. The van der Waals surface area contributed by atoms with Gasteiger partial charge in [0.2, 0.25) is 5.91 Å². The molecule has 0 aliphatic heterocycles. The topological polar surface area (TPSA) is 84.5 Å². The van der Waals surface area contributed by atoms with Gasteiger partial charge in [0.25, 0.3) is 5.91 Å². The van der Waals surface area contributed by atoms with Crippen molar-refractivity contribution >= 4 is 23.5 Å². The van der Waals surface area contributed by atoms with Gasteiger partial charge < -0.3 is 15.4 Å². The van der Waals surface area contributed by atoms with Crippen molar-refractivity contribution in [2.75, 3.05) is 11.9 Å². The summed E-state index contributed by atoms with van der Waals surface area (Å²) in [5.74, 6) is -1.07. The fourth-order valence-corrected chi connectivity index (χ4v) is 2.88. The molecule has 25 heavy (non-hydrogen) atoms. The number of carbonyl (C=O) groups excluding carboxylic acids is 3. The van der Waals surface area contributed by atoms with E-state index in [9.17, 15) is 14.4 Å². The Bertz CT molecular complexity index is 609. The number of anilines is 1. The average Bonchev–Trinajstić information content (AvgIpc) is 2.61. The molecule has 0 heterocycles. The van der Waals surface area contributed by atoms with Crippen LogP contribution in [0.25, 0.3) is 0 Å². The zero-order chi connectivity index (χ0) is 18.1. The molecule has 136 valence electrons. The van der Waals surface area contributed by atoms with E-state index in [2.05, 4.69) is 10.6 Å². The number of esters is 1. The predicted octanol–water partition coefficient (Wildman–Crippen LogP) is 2.71. The number of aryl methyl sites for hydroxylation is 1. The summed E-state index contributed by atoms with van der Waals surface area (Å²) in [6, 6.07) is 7.59. The molecule has 6 nitrogen and oxygen atoms in total. The summed E-state index contributed by atoms with van der Waals surface area (Å²) in [5, 5.41) is 5.64. The molecule has 1 saturated carbocycles. The number of hydrogen-bond acceptors (Lipinski definition) is 4. The Kier molecular flexibility index (Phi) is 7.44. The fourth-order valence-electron chi connectivity index (χ4n) is 2.88. The van der Waals surface area contributed by atoms with Gasteiger partial charge in [0.1, 0.15) is 0 Å². The maximum absolute atomic E-state index is 11.8. The van der Waals surface area contributed by atoms with Gasteiger partial charge in [-0.25, -0.2) is 0 Å². The smallest absolute Gasteiger partial charge is 0.306 e. The fraction of sp³-hybridized carbons (Fsp3) is 0.526. The average molecular weight is 346 g/mol. The van der Waals surface area contributed by atoms with Crippen LogP contribution in [0.4, 0.5) is 5.69 Å².